The van der Waals surface area contributed by atoms with Gasteiger partial charge in [0, 0.05) is 60.8 Å². The average molecular weight is 637 g/mol. The Kier molecular flexibility index (Phi) is 18.1. The molecule has 2 aromatic carbocycles. The van der Waals surface area contributed by atoms with Crippen molar-refractivity contribution in [2.24, 2.45) is 5.73 Å². The monoisotopic (exact) mass is 636 g/mol. The van der Waals surface area contributed by atoms with E-state index in [0.29, 0.717) is 17.8 Å². The fourth-order valence-corrected chi connectivity index (χ4v) is 4.69. The number of carbonyl (C=O) groups is 2. The van der Waals surface area contributed by atoms with E-state index in [1.807, 2.05) is 44.0 Å². The molecule has 3 aromatic rings. The molecule has 45 heavy (non-hydrogen) atoms. The van der Waals surface area contributed by atoms with Crippen LogP contribution >= 0.6 is 0 Å². The van der Waals surface area contributed by atoms with Crippen LogP contribution in [0.15, 0.2) is 54.6 Å². The van der Waals surface area contributed by atoms with Gasteiger partial charge < -0.3 is 30.2 Å². The molecular formula is C33H44F4N4O4. The maximum Gasteiger partial charge on any atom is 0.248 e. The van der Waals surface area contributed by atoms with Crippen molar-refractivity contribution >= 4 is 18.0 Å². The highest BCUT2D eigenvalue weighted by atomic mass is 19.1. The second kappa shape index (κ2) is 20.8. The lowest BCUT2D eigenvalue weighted by molar-refractivity contribution is -0.108. The topological polar surface area (TPSA) is 109 Å². The van der Waals surface area contributed by atoms with E-state index in [9.17, 15) is 27.2 Å². The number of rotatable bonds is 9. The predicted octanol–water partition coefficient (Wildman–Crippen LogP) is 5.84. The maximum atomic E-state index is 14.6. The van der Waals surface area contributed by atoms with Gasteiger partial charge in [-0.3, -0.25) is 4.79 Å². The molecule has 0 radical (unpaired) electrons. The highest BCUT2D eigenvalue weighted by Gasteiger charge is 2.24. The molecule has 0 spiro atoms. The van der Waals surface area contributed by atoms with Gasteiger partial charge in [-0.15, -0.1) is 0 Å². The van der Waals surface area contributed by atoms with Crippen molar-refractivity contribution < 1.29 is 37.0 Å². The van der Waals surface area contributed by atoms with Gasteiger partial charge in [0.15, 0.2) is 6.86 Å². The number of halogens is 4. The minimum atomic E-state index is -1.25. The number of nitrogens with zero attached hydrogens (tertiary/aromatic N) is 3. The number of alkyl halides is 1. The number of carbonyl (C=O) groups excluding carboxylic acids is 2. The largest absolute Gasteiger partial charge is 0.497 e. The Labute approximate surface area is 262 Å². The number of aldehydes is 1. The van der Waals surface area contributed by atoms with Crippen LogP contribution in [0.1, 0.15) is 66.6 Å². The van der Waals surface area contributed by atoms with E-state index in [0.717, 1.165) is 49.6 Å². The average Bonchev–Trinajstić information content (AvgIpc) is 3.03. The zero-order chi connectivity index (χ0) is 33.9. The van der Waals surface area contributed by atoms with Crippen LogP contribution in [-0.4, -0.2) is 74.9 Å². The van der Waals surface area contributed by atoms with E-state index in [-0.39, 0.29) is 30.1 Å². The lowest BCUT2D eigenvalue weighted by atomic mass is 9.93. The van der Waals surface area contributed by atoms with Crippen LogP contribution in [0.2, 0.25) is 0 Å². The third-order valence-corrected chi connectivity index (χ3v) is 6.98. The lowest BCUT2D eigenvalue weighted by Gasteiger charge is -2.30. The van der Waals surface area contributed by atoms with Gasteiger partial charge in [-0.25, -0.2) is 22.5 Å². The van der Waals surface area contributed by atoms with Gasteiger partial charge in [0.2, 0.25) is 5.91 Å². The fourth-order valence-electron chi connectivity index (χ4n) is 4.69. The van der Waals surface area contributed by atoms with E-state index in [2.05, 4.69) is 11.9 Å². The molecule has 3 N–H and O–H groups in total. The van der Waals surface area contributed by atoms with E-state index in [4.69, 9.17) is 20.6 Å². The second-order valence-electron chi connectivity index (χ2n) is 9.97. The molecule has 1 unspecified atom stereocenters. The van der Waals surface area contributed by atoms with Crippen molar-refractivity contribution in [3.8, 4) is 5.75 Å². The summed E-state index contributed by atoms with van der Waals surface area (Å²) in [5.74, 6) is -1.70. The summed E-state index contributed by atoms with van der Waals surface area (Å²) in [4.78, 5) is 30.6. The summed E-state index contributed by atoms with van der Waals surface area (Å²) in [5.41, 5.74) is 6.17. The number of nitrogens with two attached hydrogens (primary N) is 1. The number of hydrogen-bond donors (Lipinski definition) is 2. The van der Waals surface area contributed by atoms with Gasteiger partial charge in [0.25, 0.3) is 0 Å². The Balaban J connectivity index is 0.000000560. The van der Waals surface area contributed by atoms with Gasteiger partial charge in [-0.05, 0) is 69.4 Å². The Bertz CT molecular complexity index is 1280. The van der Waals surface area contributed by atoms with Crippen LogP contribution in [0.25, 0.3) is 0 Å². The third kappa shape index (κ3) is 12.8. The van der Waals surface area contributed by atoms with E-state index >= 15 is 0 Å². The number of methoxy groups -OCH3 is 1. The summed E-state index contributed by atoms with van der Waals surface area (Å²) in [7, 11) is 5.31. The van der Waals surface area contributed by atoms with Gasteiger partial charge in [0.05, 0.1) is 7.11 Å². The number of aromatic nitrogens is 1. The van der Waals surface area contributed by atoms with E-state index < -0.39 is 30.3 Å². The zero-order valence-corrected chi connectivity index (χ0v) is 26.5. The molecule has 248 valence electrons. The minimum Gasteiger partial charge on any atom is -0.497 e. The summed E-state index contributed by atoms with van der Waals surface area (Å²) >= 11 is 0. The zero-order valence-electron chi connectivity index (χ0n) is 26.5. The molecule has 0 bridgehead atoms. The molecule has 1 aliphatic heterocycles. The van der Waals surface area contributed by atoms with Crippen molar-refractivity contribution in [2.45, 2.75) is 44.9 Å². The maximum absolute atomic E-state index is 14.6. The van der Waals surface area contributed by atoms with Crippen molar-refractivity contribution in [1.29, 1.82) is 0 Å². The van der Waals surface area contributed by atoms with Gasteiger partial charge in [-0.1, -0.05) is 19.9 Å². The standard InChI is InChI=1S/C23H29F2N3O2.C7H6FNO.C2H6.CH3FO/c1-27-10-7-16(8-11-27)21-5-4-6-22(26-21)28(2)15-17(9-12-29)23-19(24)13-18(30-3)14-20(23)25;8-6-3-1-5(2-4-6)7(9)10;1-2;2-1-3/h4-6,12-14,16-17H,7-11,15H2,1-3H3;1-4H,(H2,9,10);1-2H3;3H,1H2. The minimum absolute atomic E-state index is 0.0131. The molecule has 1 aromatic heterocycles. The quantitative estimate of drug-likeness (QED) is 0.224. The SMILES string of the molecule is CC.COc1cc(F)c(C(CC=O)CN(C)c2cccc(C3CCN(C)CC3)n2)c(F)c1.NC(=O)c1ccc(F)cc1.OCF. The Hall–Kier alpha value is -4.03. The number of amides is 1. The van der Waals surface area contributed by atoms with E-state index in [1.165, 1.54) is 31.4 Å². The number of benzene rings is 2. The Morgan fingerprint density at radius 2 is 1.67 bits per heavy atom. The van der Waals surface area contributed by atoms with Crippen LogP contribution in [0, 0.1) is 17.5 Å². The fraction of sp³-hybridized carbons (Fsp3) is 0.424. The molecule has 8 nitrogen and oxygen atoms in total. The molecule has 1 atom stereocenters. The van der Waals surface area contributed by atoms with Crippen LogP contribution in [0.5, 0.6) is 5.75 Å². The number of aliphatic hydroxyl groups excluding tert-OH is 1. The van der Waals surface area contributed by atoms with Gasteiger partial charge >= 0.3 is 0 Å². The number of likely N-dealkylation sites (tertiary alicyclic amines) is 1. The molecular weight excluding hydrogens is 592 g/mol. The first-order chi connectivity index (χ1) is 21.5. The first-order valence-corrected chi connectivity index (χ1v) is 14.6. The predicted molar refractivity (Wildman–Crippen MR) is 168 cm³/mol. The molecule has 0 saturated carbocycles. The molecule has 0 aliphatic carbocycles. The van der Waals surface area contributed by atoms with Gasteiger partial charge in [0.1, 0.15) is 35.3 Å². The lowest BCUT2D eigenvalue weighted by Crippen LogP contribution is -2.30. The first kappa shape index (κ1) is 39.0. The molecule has 4 rings (SSSR count). The van der Waals surface area contributed by atoms with Crippen LogP contribution in [-0.2, 0) is 4.79 Å². The second-order valence-corrected chi connectivity index (χ2v) is 9.97. The number of likely N-dealkylation sites (N-methyl/N-ethyl adjacent to an activating group) is 1. The Morgan fingerprint density at radius 3 is 2.16 bits per heavy atom. The highest BCUT2D eigenvalue weighted by Crippen LogP contribution is 2.31. The van der Waals surface area contributed by atoms with Crippen molar-refractivity contribution in [1.82, 2.24) is 9.88 Å². The normalized spacial score (nSPS) is 13.5. The summed E-state index contributed by atoms with van der Waals surface area (Å²) < 4.78 is 56.1. The molecule has 1 amide bonds. The number of ether oxygens (including phenoxy) is 1. The summed E-state index contributed by atoms with van der Waals surface area (Å²) in [6.45, 7) is 5.11. The summed E-state index contributed by atoms with van der Waals surface area (Å²) in [6.07, 6.45) is 2.84. The first-order valence-electron chi connectivity index (χ1n) is 14.6. The number of aliphatic hydroxyl groups is 1. The van der Waals surface area contributed by atoms with Crippen LogP contribution in [0.3, 0.4) is 0 Å². The number of pyridine rings is 1. The smallest absolute Gasteiger partial charge is 0.248 e. The molecule has 2 heterocycles. The number of hydrogen-bond acceptors (Lipinski definition) is 7. The van der Waals surface area contributed by atoms with Crippen molar-refractivity contribution in [3.63, 3.8) is 0 Å². The summed E-state index contributed by atoms with van der Waals surface area (Å²) in [6, 6.07) is 13.3. The van der Waals surface area contributed by atoms with E-state index in [1.54, 1.807) is 0 Å². The van der Waals surface area contributed by atoms with Crippen LogP contribution in [0.4, 0.5) is 23.4 Å². The molecule has 12 heteroatoms. The number of piperidine rings is 1. The highest BCUT2D eigenvalue weighted by molar-refractivity contribution is 5.92. The molecule has 1 aliphatic rings. The third-order valence-electron chi connectivity index (χ3n) is 6.98. The summed E-state index contributed by atoms with van der Waals surface area (Å²) in [5, 5.41) is 6.90. The number of primary amides is 1. The van der Waals surface area contributed by atoms with Crippen molar-refractivity contribution in [3.05, 3.63) is 88.9 Å². The molecule has 1 saturated heterocycles. The Morgan fingerprint density at radius 1 is 1.11 bits per heavy atom. The van der Waals surface area contributed by atoms with Crippen molar-refractivity contribution in [2.75, 3.05) is 52.6 Å². The number of anilines is 1. The van der Waals surface area contributed by atoms with Gasteiger partial charge in [-0.2, -0.15) is 0 Å². The van der Waals surface area contributed by atoms with Crippen LogP contribution < -0.4 is 15.4 Å². The molecule has 1 fully saturated rings.